The average molecular weight is 543 g/mol. The predicted octanol–water partition coefficient (Wildman–Crippen LogP) is 3.62. The number of unbranched alkanes of at least 4 members (excludes halogenated alkanes) is 3. The zero-order valence-corrected chi connectivity index (χ0v) is 19.7. The van der Waals surface area contributed by atoms with Crippen LogP contribution < -0.4 is 15.4 Å². The van der Waals surface area contributed by atoms with E-state index < -0.39 is 12.7 Å². The molecule has 7 nitrogen and oxygen atoms in total. The normalized spacial score (nSPS) is 12.1. The SMILES string of the molecule is CCNC(=NCC(O)c1ccc(OC(F)F)cc1)NCCCCCCC(=O)OC.I. The molecular weight excluding hydrogens is 511 g/mol. The van der Waals surface area contributed by atoms with E-state index in [1.165, 1.54) is 31.4 Å². The minimum atomic E-state index is -2.88. The van der Waals surface area contributed by atoms with E-state index in [-0.39, 0.29) is 42.2 Å². The van der Waals surface area contributed by atoms with Crippen LogP contribution in [0.15, 0.2) is 29.3 Å². The highest BCUT2D eigenvalue weighted by Gasteiger charge is 2.09. The van der Waals surface area contributed by atoms with Crippen molar-refractivity contribution in [2.75, 3.05) is 26.7 Å². The quantitative estimate of drug-likeness (QED) is 0.116. The number of rotatable bonds is 13. The van der Waals surface area contributed by atoms with Gasteiger partial charge in [-0.25, -0.2) is 0 Å². The monoisotopic (exact) mass is 543 g/mol. The number of hydrogen-bond acceptors (Lipinski definition) is 5. The topological polar surface area (TPSA) is 92.2 Å². The summed E-state index contributed by atoms with van der Waals surface area (Å²) in [6, 6.07) is 5.84. The van der Waals surface area contributed by atoms with E-state index >= 15 is 0 Å². The summed E-state index contributed by atoms with van der Waals surface area (Å²) in [6.07, 6.45) is 3.27. The Labute approximate surface area is 193 Å². The number of halogens is 3. The van der Waals surface area contributed by atoms with Gasteiger partial charge in [0.1, 0.15) is 5.75 Å². The van der Waals surface area contributed by atoms with Crippen LogP contribution in [0.1, 0.15) is 50.7 Å². The van der Waals surface area contributed by atoms with Gasteiger partial charge in [0.25, 0.3) is 0 Å². The first-order valence-electron chi connectivity index (χ1n) is 9.78. The number of hydrogen-bond donors (Lipinski definition) is 3. The Kier molecular flexibility index (Phi) is 16.1. The second kappa shape index (κ2) is 17.0. The van der Waals surface area contributed by atoms with Crippen LogP contribution in [-0.2, 0) is 9.53 Å². The molecule has 0 aliphatic rings. The Morgan fingerprint density at radius 3 is 2.40 bits per heavy atom. The number of carbonyl (C=O) groups is 1. The molecule has 1 rings (SSSR count). The van der Waals surface area contributed by atoms with Crippen molar-refractivity contribution >= 4 is 35.9 Å². The van der Waals surface area contributed by atoms with Crippen LogP contribution in [0.25, 0.3) is 0 Å². The number of ether oxygens (including phenoxy) is 2. The molecule has 1 aromatic carbocycles. The molecule has 1 unspecified atom stereocenters. The van der Waals surface area contributed by atoms with Crippen molar-refractivity contribution in [1.82, 2.24) is 10.6 Å². The zero-order valence-electron chi connectivity index (χ0n) is 17.4. The Morgan fingerprint density at radius 1 is 1.13 bits per heavy atom. The zero-order chi connectivity index (χ0) is 21.5. The molecule has 0 aromatic heterocycles. The van der Waals surface area contributed by atoms with E-state index in [2.05, 4.69) is 25.1 Å². The van der Waals surface area contributed by atoms with Crippen LogP contribution in [0, 0.1) is 0 Å². The average Bonchev–Trinajstić information content (AvgIpc) is 2.70. The number of aliphatic imine (C=N–C) groups is 1. The van der Waals surface area contributed by atoms with Gasteiger partial charge in [-0.15, -0.1) is 24.0 Å². The maximum Gasteiger partial charge on any atom is 0.387 e. The van der Waals surface area contributed by atoms with E-state index in [9.17, 15) is 18.7 Å². The van der Waals surface area contributed by atoms with Crippen LogP contribution in [0.4, 0.5) is 8.78 Å². The molecule has 0 aliphatic carbocycles. The second-order valence-electron chi connectivity index (χ2n) is 6.35. The molecule has 30 heavy (non-hydrogen) atoms. The molecule has 0 amide bonds. The predicted molar refractivity (Wildman–Crippen MR) is 123 cm³/mol. The lowest BCUT2D eigenvalue weighted by Gasteiger charge is -2.14. The number of guanidine groups is 1. The van der Waals surface area contributed by atoms with Gasteiger partial charge in [-0.3, -0.25) is 9.79 Å². The van der Waals surface area contributed by atoms with Gasteiger partial charge in [0.05, 0.1) is 19.8 Å². The number of aliphatic hydroxyl groups is 1. The van der Waals surface area contributed by atoms with Crippen LogP contribution in [0.2, 0.25) is 0 Å². The highest BCUT2D eigenvalue weighted by molar-refractivity contribution is 14.0. The fraction of sp³-hybridized carbons (Fsp3) is 0.600. The first kappa shape index (κ1) is 28.3. The Hall–Kier alpha value is -1.69. The number of methoxy groups -OCH3 is 1. The standard InChI is InChI=1S/C20H31F2N3O4.HI/c1-3-23-20(24-13-7-5-4-6-8-18(27)28-2)25-14-17(26)15-9-11-16(12-10-15)29-19(21)22;/h9-12,17,19,26H,3-8,13-14H2,1-2H3,(H2,23,24,25);1H. The number of nitrogens with zero attached hydrogens (tertiary/aromatic N) is 1. The number of benzene rings is 1. The lowest BCUT2D eigenvalue weighted by Crippen LogP contribution is -2.38. The van der Waals surface area contributed by atoms with Gasteiger partial charge < -0.3 is 25.2 Å². The number of aliphatic hydroxyl groups excluding tert-OH is 1. The third-order valence-electron chi connectivity index (χ3n) is 4.08. The van der Waals surface area contributed by atoms with Crippen molar-refractivity contribution in [2.45, 2.75) is 51.7 Å². The lowest BCUT2D eigenvalue weighted by atomic mass is 10.1. The summed E-state index contributed by atoms with van der Waals surface area (Å²) in [6.45, 7) is 0.601. The third-order valence-corrected chi connectivity index (χ3v) is 4.08. The van der Waals surface area contributed by atoms with Gasteiger partial charge in [0.2, 0.25) is 0 Å². The van der Waals surface area contributed by atoms with Crippen molar-refractivity contribution in [3.05, 3.63) is 29.8 Å². The minimum Gasteiger partial charge on any atom is -0.469 e. The van der Waals surface area contributed by atoms with E-state index in [4.69, 9.17) is 0 Å². The van der Waals surface area contributed by atoms with Crippen molar-refractivity contribution in [3.8, 4) is 5.75 Å². The van der Waals surface area contributed by atoms with Gasteiger partial charge in [-0.1, -0.05) is 25.0 Å². The Balaban J connectivity index is 0.00000841. The van der Waals surface area contributed by atoms with E-state index in [0.717, 1.165) is 32.2 Å². The fourth-order valence-electron chi connectivity index (χ4n) is 2.55. The summed E-state index contributed by atoms with van der Waals surface area (Å²) >= 11 is 0. The molecule has 0 saturated carbocycles. The minimum absolute atomic E-state index is 0. The van der Waals surface area contributed by atoms with Crippen LogP contribution in [-0.4, -0.2) is 50.4 Å². The first-order valence-corrected chi connectivity index (χ1v) is 9.78. The maximum absolute atomic E-state index is 12.2. The Bertz CT molecular complexity index is 619. The maximum atomic E-state index is 12.2. The summed E-state index contributed by atoms with van der Waals surface area (Å²) in [5, 5.41) is 16.6. The molecule has 172 valence electrons. The summed E-state index contributed by atoms with van der Waals surface area (Å²) in [5.41, 5.74) is 0.567. The molecule has 1 aromatic rings. The molecule has 0 heterocycles. The van der Waals surface area contributed by atoms with Crippen molar-refractivity contribution in [3.63, 3.8) is 0 Å². The molecular formula is C20H32F2IN3O4. The third kappa shape index (κ3) is 12.8. The first-order chi connectivity index (χ1) is 14.0. The molecule has 0 bridgehead atoms. The Morgan fingerprint density at radius 2 is 1.80 bits per heavy atom. The van der Waals surface area contributed by atoms with Gasteiger partial charge in [0, 0.05) is 19.5 Å². The smallest absolute Gasteiger partial charge is 0.387 e. The van der Waals surface area contributed by atoms with Gasteiger partial charge in [0.15, 0.2) is 5.96 Å². The van der Waals surface area contributed by atoms with Crippen LogP contribution in [0.5, 0.6) is 5.75 Å². The number of nitrogens with one attached hydrogen (secondary N) is 2. The summed E-state index contributed by atoms with van der Waals surface area (Å²) < 4.78 is 33.2. The molecule has 0 saturated heterocycles. The molecule has 0 spiro atoms. The summed E-state index contributed by atoms with van der Waals surface area (Å²) in [5.74, 6) is 0.458. The largest absolute Gasteiger partial charge is 0.469 e. The molecule has 3 N–H and O–H groups in total. The van der Waals surface area contributed by atoms with Gasteiger partial charge in [-0.2, -0.15) is 8.78 Å². The van der Waals surface area contributed by atoms with Crippen LogP contribution >= 0.6 is 24.0 Å². The molecule has 0 radical (unpaired) electrons. The lowest BCUT2D eigenvalue weighted by molar-refractivity contribution is -0.140. The summed E-state index contributed by atoms with van der Waals surface area (Å²) in [4.78, 5) is 15.4. The van der Waals surface area contributed by atoms with Gasteiger partial charge in [-0.05, 0) is 37.5 Å². The summed E-state index contributed by atoms with van der Waals surface area (Å²) in [7, 11) is 1.39. The van der Waals surface area contributed by atoms with Crippen molar-refractivity contribution < 1.29 is 28.2 Å². The molecule has 0 fully saturated rings. The molecule has 1 atom stereocenters. The molecule has 0 aliphatic heterocycles. The van der Waals surface area contributed by atoms with E-state index in [0.29, 0.717) is 24.5 Å². The highest BCUT2D eigenvalue weighted by Crippen LogP contribution is 2.19. The fourth-order valence-corrected chi connectivity index (χ4v) is 2.55. The molecule has 10 heteroatoms. The van der Waals surface area contributed by atoms with E-state index in [1.54, 1.807) is 0 Å². The van der Waals surface area contributed by atoms with Gasteiger partial charge >= 0.3 is 12.6 Å². The van der Waals surface area contributed by atoms with E-state index in [1.807, 2.05) is 6.92 Å². The number of esters is 1. The van der Waals surface area contributed by atoms with Crippen molar-refractivity contribution in [2.24, 2.45) is 4.99 Å². The second-order valence-corrected chi connectivity index (χ2v) is 6.35. The van der Waals surface area contributed by atoms with Crippen LogP contribution in [0.3, 0.4) is 0 Å². The number of alkyl halides is 2. The highest BCUT2D eigenvalue weighted by atomic mass is 127. The van der Waals surface area contributed by atoms with Crippen molar-refractivity contribution in [1.29, 1.82) is 0 Å². The number of carbonyl (C=O) groups excluding carboxylic acids is 1.